The van der Waals surface area contributed by atoms with E-state index in [9.17, 15) is 16.8 Å². The average molecular weight is 435 g/mol. The first-order valence-corrected chi connectivity index (χ1v) is 11.0. The molecule has 0 saturated heterocycles. The quantitative estimate of drug-likeness (QED) is 0.537. The normalized spacial score (nSPS) is 13.3. The molecule has 0 fully saturated rings. The molecule has 0 aliphatic heterocycles. The lowest BCUT2D eigenvalue weighted by atomic mass is 10.2. The second-order valence-corrected chi connectivity index (χ2v) is 8.90. The summed E-state index contributed by atoms with van der Waals surface area (Å²) in [6.45, 7) is 6.77. The largest absolute Gasteiger partial charge is 0.391 e. The smallest absolute Gasteiger partial charge is 0.294 e. The Labute approximate surface area is 166 Å². The highest BCUT2D eigenvalue weighted by molar-refractivity contribution is 7.86. The van der Waals surface area contributed by atoms with Gasteiger partial charge in [-0.1, -0.05) is 35.4 Å². The summed E-state index contributed by atoms with van der Waals surface area (Å²) in [5.74, 6) is 0. The van der Waals surface area contributed by atoms with Crippen molar-refractivity contribution < 1.29 is 36.2 Å². The summed E-state index contributed by atoms with van der Waals surface area (Å²) in [4.78, 5) is -0.133. The van der Waals surface area contributed by atoms with E-state index >= 15 is 0 Å². The van der Waals surface area contributed by atoms with Gasteiger partial charge in [0.1, 0.15) is 0 Å². The Morgan fingerprint density at radius 1 is 0.607 bits per heavy atom. The highest BCUT2D eigenvalue weighted by Crippen LogP contribution is 2.09. The minimum absolute atomic E-state index is 0.0666. The Balaban J connectivity index is 0.000000411. The summed E-state index contributed by atoms with van der Waals surface area (Å²) in [6.07, 6.45) is -1.19. The van der Waals surface area contributed by atoms with Gasteiger partial charge in [0.15, 0.2) is 0 Å². The highest BCUT2D eigenvalue weighted by atomic mass is 32.2. The van der Waals surface area contributed by atoms with Crippen LogP contribution in [-0.2, 0) is 20.2 Å². The first-order chi connectivity index (χ1) is 12.6. The van der Waals surface area contributed by atoms with E-state index in [4.69, 9.17) is 19.3 Å². The van der Waals surface area contributed by atoms with E-state index in [2.05, 4.69) is 0 Å². The molecule has 0 bridgehead atoms. The molecule has 0 aromatic heterocycles. The Morgan fingerprint density at radius 3 is 0.964 bits per heavy atom. The first-order valence-electron chi connectivity index (χ1n) is 8.09. The van der Waals surface area contributed by atoms with E-state index in [0.29, 0.717) is 0 Å². The zero-order valence-corrected chi connectivity index (χ0v) is 17.6. The number of aliphatic hydroxyl groups excluding tert-OH is 2. The molecule has 0 radical (unpaired) electrons. The second kappa shape index (κ2) is 11.2. The van der Waals surface area contributed by atoms with Crippen LogP contribution in [0.25, 0.3) is 0 Å². The van der Waals surface area contributed by atoms with Gasteiger partial charge in [-0.2, -0.15) is 16.8 Å². The fraction of sp³-hybridized carbons (Fsp3) is 0.333. The third-order valence-corrected chi connectivity index (χ3v) is 5.07. The van der Waals surface area contributed by atoms with Gasteiger partial charge in [-0.25, -0.2) is 0 Å². The summed E-state index contributed by atoms with van der Waals surface area (Å²) >= 11 is 0. The topological polar surface area (TPSA) is 149 Å². The van der Waals surface area contributed by atoms with Crippen LogP contribution < -0.4 is 0 Å². The predicted octanol–water partition coefficient (Wildman–Crippen LogP) is 2.23. The third kappa shape index (κ3) is 11.1. The molecule has 158 valence electrons. The molecule has 0 saturated carbocycles. The molecule has 10 heteroatoms. The molecular formula is C18H26O8S2. The molecule has 4 N–H and O–H groups in total. The van der Waals surface area contributed by atoms with Crippen molar-refractivity contribution in [2.24, 2.45) is 0 Å². The molecule has 0 heterocycles. The van der Waals surface area contributed by atoms with Crippen LogP contribution in [0, 0.1) is 13.8 Å². The van der Waals surface area contributed by atoms with Crippen molar-refractivity contribution in [3.8, 4) is 0 Å². The van der Waals surface area contributed by atoms with Crippen molar-refractivity contribution in [3.63, 3.8) is 0 Å². The van der Waals surface area contributed by atoms with E-state index < -0.39 is 32.4 Å². The van der Waals surface area contributed by atoms with Crippen molar-refractivity contribution in [1.82, 2.24) is 0 Å². The van der Waals surface area contributed by atoms with Crippen LogP contribution in [-0.4, -0.2) is 48.4 Å². The van der Waals surface area contributed by atoms with Gasteiger partial charge in [-0.3, -0.25) is 9.11 Å². The van der Waals surface area contributed by atoms with Crippen molar-refractivity contribution in [2.45, 2.75) is 49.7 Å². The summed E-state index contributed by atoms with van der Waals surface area (Å²) < 4.78 is 59.1. The SMILES string of the molecule is CC(O)C(C)O.Cc1ccc(S(=O)(=O)O)cc1.Cc1ccc(S(=O)(=O)O)cc1. The molecule has 0 amide bonds. The maximum absolute atomic E-state index is 10.5. The zero-order chi connectivity index (χ0) is 22.1. The number of hydrogen-bond acceptors (Lipinski definition) is 6. The van der Waals surface area contributed by atoms with Gasteiger partial charge < -0.3 is 10.2 Å². The van der Waals surface area contributed by atoms with Crippen LogP contribution in [0.3, 0.4) is 0 Å². The number of benzene rings is 2. The molecule has 0 aliphatic carbocycles. The summed E-state index contributed by atoms with van der Waals surface area (Å²) in [7, 11) is -8.04. The van der Waals surface area contributed by atoms with E-state index in [-0.39, 0.29) is 9.79 Å². The number of hydrogen-bond donors (Lipinski definition) is 4. The maximum Gasteiger partial charge on any atom is 0.294 e. The molecule has 8 nitrogen and oxygen atoms in total. The Kier molecular flexibility index (Phi) is 10.5. The van der Waals surface area contributed by atoms with Gasteiger partial charge in [0.2, 0.25) is 0 Å². The predicted molar refractivity (Wildman–Crippen MR) is 105 cm³/mol. The van der Waals surface area contributed by atoms with Crippen LogP contribution in [0.4, 0.5) is 0 Å². The monoisotopic (exact) mass is 434 g/mol. The van der Waals surface area contributed by atoms with E-state index in [1.54, 1.807) is 38.1 Å². The summed E-state index contributed by atoms with van der Waals surface area (Å²) in [5.41, 5.74) is 1.91. The van der Waals surface area contributed by atoms with Crippen molar-refractivity contribution in [2.75, 3.05) is 0 Å². The van der Waals surface area contributed by atoms with Crippen molar-refractivity contribution in [3.05, 3.63) is 59.7 Å². The number of aliphatic hydroxyl groups is 2. The van der Waals surface area contributed by atoms with Crippen LogP contribution in [0.1, 0.15) is 25.0 Å². The van der Waals surface area contributed by atoms with Crippen molar-refractivity contribution >= 4 is 20.2 Å². The molecular weight excluding hydrogens is 408 g/mol. The lowest BCUT2D eigenvalue weighted by Gasteiger charge is -2.03. The molecule has 2 aromatic rings. The molecule has 2 unspecified atom stereocenters. The standard InChI is InChI=1S/2C7H8O3S.C4H10O2/c2*1-6-2-4-7(5-3-6)11(8,9)10;1-3(5)4(2)6/h2*2-5H,1H3,(H,8,9,10);3-6H,1-2H3. The van der Waals surface area contributed by atoms with Crippen LogP contribution >= 0.6 is 0 Å². The fourth-order valence-corrected chi connectivity index (χ4v) is 2.38. The minimum atomic E-state index is -4.02. The Hall–Kier alpha value is -1.82. The van der Waals surface area contributed by atoms with Crippen LogP contribution in [0.15, 0.2) is 58.3 Å². The molecule has 0 spiro atoms. The number of aryl methyl sites for hydroxylation is 2. The molecule has 2 atom stereocenters. The Bertz CT molecular complexity index is 835. The zero-order valence-electron chi connectivity index (χ0n) is 16.0. The van der Waals surface area contributed by atoms with E-state index in [1.807, 2.05) is 13.8 Å². The Morgan fingerprint density at radius 2 is 0.821 bits per heavy atom. The lowest BCUT2D eigenvalue weighted by molar-refractivity contribution is 0.0438. The van der Waals surface area contributed by atoms with Crippen LogP contribution in [0.2, 0.25) is 0 Å². The first kappa shape index (κ1) is 26.2. The molecule has 2 rings (SSSR count). The molecule has 2 aromatic carbocycles. The summed E-state index contributed by atoms with van der Waals surface area (Å²) in [6, 6.07) is 12.0. The second-order valence-electron chi connectivity index (χ2n) is 6.06. The average Bonchev–Trinajstić information content (AvgIpc) is 2.55. The van der Waals surface area contributed by atoms with Gasteiger partial charge in [-0.15, -0.1) is 0 Å². The van der Waals surface area contributed by atoms with Gasteiger partial charge in [-0.05, 0) is 52.0 Å². The highest BCUT2D eigenvalue weighted by Gasteiger charge is 2.07. The molecule has 0 aliphatic rings. The minimum Gasteiger partial charge on any atom is -0.391 e. The fourth-order valence-electron chi connectivity index (χ4n) is 1.42. The van der Waals surface area contributed by atoms with Gasteiger partial charge in [0, 0.05) is 0 Å². The van der Waals surface area contributed by atoms with Gasteiger partial charge >= 0.3 is 0 Å². The maximum atomic E-state index is 10.5. The molecule has 28 heavy (non-hydrogen) atoms. The van der Waals surface area contributed by atoms with E-state index in [1.165, 1.54) is 24.3 Å². The lowest BCUT2D eigenvalue weighted by Crippen LogP contribution is -2.17. The third-order valence-electron chi connectivity index (χ3n) is 3.34. The van der Waals surface area contributed by atoms with Crippen molar-refractivity contribution in [1.29, 1.82) is 0 Å². The number of rotatable bonds is 3. The van der Waals surface area contributed by atoms with Gasteiger partial charge in [0.25, 0.3) is 20.2 Å². The summed E-state index contributed by atoms with van der Waals surface area (Å²) in [5, 5.41) is 16.8. The van der Waals surface area contributed by atoms with E-state index in [0.717, 1.165) is 11.1 Å². The van der Waals surface area contributed by atoms with Crippen LogP contribution in [0.5, 0.6) is 0 Å². The van der Waals surface area contributed by atoms with Gasteiger partial charge in [0.05, 0.1) is 22.0 Å².